The number of hydrogen-bond acceptors (Lipinski definition) is 5. The second kappa shape index (κ2) is 7.75. The number of primary amides is 2. The fraction of sp³-hybridized carbons (Fsp3) is 0.238. The van der Waals surface area contributed by atoms with Gasteiger partial charge in [-0.1, -0.05) is 12.1 Å². The number of fused-ring (bicyclic) bond motifs is 1. The van der Waals surface area contributed by atoms with Gasteiger partial charge in [-0.15, -0.1) is 0 Å². The third kappa shape index (κ3) is 3.96. The molecule has 0 fully saturated rings. The van der Waals surface area contributed by atoms with Gasteiger partial charge in [-0.2, -0.15) is 0 Å². The molecule has 4 N–H and O–H groups in total. The number of nitrogens with two attached hydrogens (primary N) is 2. The fourth-order valence-electron chi connectivity index (χ4n) is 3.60. The number of hydrogen-bond donors (Lipinski definition) is 2. The summed E-state index contributed by atoms with van der Waals surface area (Å²) in [5.41, 5.74) is 13.9. The molecule has 1 unspecified atom stereocenters. The zero-order chi connectivity index (χ0) is 21.3. The third-order valence-corrected chi connectivity index (χ3v) is 4.96. The van der Waals surface area contributed by atoms with Gasteiger partial charge in [0.15, 0.2) is 0 Å². The van der Waals surface area contributed by atoms with Crippen LogP contribution in [0.2, 0.25) is 0 Å². The number of nitrogens with zero attached hydrogens (tertiary/aromatic N) is 1. The monoisotopic (exact) mass is 395 g/mol. The Hall–Kier alpha value is -3.68. The average molecular weight is 395 g/mol. The molecular weight excluding hydrogens is 374 g/mol. The van der Waals surface area contributed by atoms with Crippen molar-refractivity contribution >= 4 is 23.8 Å². The van der Waals surface area contributed by atoms with Crippen LogP contribution in [-0.2, 0) is 11.2 Å². The lowest BCUT2D eigenvalue weighted by Gasteiger charge is -2.24. The van der Waals surface area contributed by atoms with Crippen molar-refractivity contribution in [3.8, 4) is 0 Å². The summed E-state index contributed by atoms with van der Waals surface area (Å²) in [6.07, 6.45) is -1.63. The predicted octanol–water partition coefficient (Wildman–Crippen LogP) is 1.70. The van der Waals surface area contributed by atoms with E-state index in [2.05, 4.69) is 0 Å². The second-order valence-corrected chi connectivity index (χ2v) is 6.98. The van der Waals surface area contributed by atoms with E-state index in [1.807, 2.05) is 0 Å². The molecule has 3 rings (SSSR count). The van der Waals surface area contributed by atoms with E-state index in [-0.39, 0.29) is 13.0 Å². The first kappa shape index (κ1) is 20.1. The number of rotatable bonds is 6. The Balaban J connectivity index is 1.87. The maximum atomic E-state index is 12.6. The molecule has 0 radical (unpaired) electrons. The van der Waals surface area contributed by atoms with Gasteiger partial charge < -0.3 is 16.2 Å². The quantitative estimate of drug-likeness (QED) is 0.718. The van der Waals surface area contributed by atoms with Crippen molar-refractivity contribution in [1.82, 2.24) is 4.90 Å². The highest BCUT2D eigenvalue weighted by atomic mass is 16.6. The Labute approximate surface area is 167 Å². The minimum Gasteiger partial charge on any atom is -0.444 e. The average Bonchev–Trinajstić information content (AvgIpc) is 2.89. The second-order valence-electron chi connectivity index (χ2n) is 6.98. The van der Waals surface area contributed by atoms with Crippen LogP contribution in [0, 0.1) is 13.8 Å². The van der Waals surface area contributed by atoms with Gasteiger partial charge >= 0.3 is 6.09 Å². The minimum atomic E-state index is -1.00. The van der Waals surface area contributed by atoms with Gasteiger partial charge in [0, 0.05) is 12.0 Å². The van der Waals surface area contributed by atoms with Crippen molar-refractivity contribution in [2.24, 2.45) is 11.5 Å². The number of imide groups is 1. The summed E-state index contributed by atoms with van der Waals surface area (Å²) in [4.78, 5) is 49.2. The molecule has 0 saturated carbocycles. The summed E-state index contributed by atoms with van der Waals surface area (Å²) in [5, 5.41) is 0. The molecule has 1 aliphatic rings. The Kier molecular flexibility index (Phi) is 5.36. The summed E-state index contributed by atoms with van der Waals surface area (Å²) in [5.74, 6) is -1.43. The van der Waals surface area contributed by atoms with Crippen molar-refractivity contribution in [1.29, 1.82) is 0 Å². The molecule has 29 heavy (non-hydrogen) atoms. The van der Waals surface area contributed by atoms with Crippen LogP contribution in [0.15, 0.2) is 36.4 Å². The van der Waals surface area contributed by atoms with E-state index in [1.54, 1.807) is 50.2 Å². The third-order valence-electron chi connectivity index (χ3n) is 4.96. The van der Waals surface area contributed by atoms with E-state index in [9.17, 15) is 19.2 Å². The van der Waals surface area contributed by atoms with E-state index in [4.69, 9.17) is 16.2 Å². The first-order valence-corrected chi connectivity index (χ1v) is 9.00. The predicted molar refractivity (Wildman–Crippen MR) is 104 cm³/mol. The maximum absolute atomic E-state index is 12.6. The van der Waals surface area contributed by atoms with Crippen molar-refractivity contribution in [3.05, 3.63) is 69.8 Å². The number of aryl methyl sites for hydroxylation is 2. The van der Waals surface area contributed by atoms with Crippen molar-refractivity contribution < 1.29 is 23.9 Å². The summed E-state index contributed by atoms with van der Waals surface area (Å²) >= 11 is 0. The van der Waals surface area contributed by atoms with Crippen LogP contribution in [0.5, 0.6) is 0 Å². The van der Waals surface area contributed by atoms with Gasteiger partial charge in [-0.3, -0.25) is 19.3 Å². The van der Waals surface area contributed by atoms with E-state index < -0.39 is 29.9 Å². The number of amides is 4. The SMILES string of the molecule is Cc1cc(C(N)=O)cc(C)c1CC(CN1C(=O)c2ccccc2C1=O)OC(N)=O. The van der Waals surface area contributed by atoms with Gasteiger partial charge in [0.05, 0.1) is 17.7 Å². The fourth-order valence-corrected chi connectivity index (χ4v) is 3.60. The smallest absolute Gasteiger partial charge is 0.404 e. The summed E-state index contributed by atoms with van der Waals surface area (Å²) in [6.45, 7) is 3.47. The molecule has 1 heterocycles. The summed E-state index contributed by atoms with van der Waals surface area (Å²) < 4.78 is 5.20. The van der Waals surface area contributed by atoms with Gasteiger partial charge in [0.25, 0.3) is 11.8 Å². The number of ether oxygens (including phenoxy) is 1. The van der Waals surface area contributed by atoms with Crippen molar-refractivity contribution in [2.75, 3.05) is 6.54 Å². The van der Waals surface area contributed by atoms with Crippen LogP contribution in [0.25, 0.3) is 0 Å². The van der Waals surface area contributed by atoms with Crippen LogP contribution in [0.1, 0.15) is 47.8 Å². The van der Waals surface area contributed by atoms with Gasteiger partial charge in [-0.25, -0.2) is 4.79 Å². The van der Waals surface area contributed by atoms with Crippen molar-refractivity contribution in [2.45, 2.75) is 26.4 Å². The van der Waals surface area contributed by atoms with Gasteiger partial charge in [0.1, 0.15) is 6.10 Å². The van der Waals surface area contributed by atoms with E-state index in [0.717, 1.165) is 21.6 Å². The van der Waals surface area contributed by atoms with Crippen LogP contribution in [0.4, 0.5) is 4.79 Å². The molecule has 0 spiro atoms. The highest BCUT2D eigenvalue weighted by Crippen LogP contribution is 2.25. The molecule has 2 aromatic carbocycles. The lowest BCUT2D eigenvalue weighted by atomic mass is 9.94. The van der Waals surface area contributed by atoms with Gasteiger partial charge in [0.2, 0.25) is 5.91 Å². The largest absolute Gasteiger partial charge is 0.444 e. The first-order valence-electron chi connectivity index (χ1n) is 9.00. The van der Waals surface area contributed by atoms with E-state index in [0.29, 0.717) is 16.7 Å². The zero-order valence-corrected chi connectivity index (χ0v) is 16.1. The normalized spacial score (nSPS) is 13.9. The molecule has 1 aliphatic heterocycles. The molecule has 0 bridgehead atoms. The number of carbonyl (C=O) groups excluding carboxylic acids is 4. The maximum Gasteiger partial charge on any atom is 0.404 e. The number of carbonyl (C=O) groups is 4. The van der Waals surface area contributed by atoms with Crippen LogP contribution in [-0.4, -0.2) is 41.4 Å². The number of benzene rings is 2. The standard InChI is InChI=1S/C21H21N3O5/c1-11-7-13(18(22)25)8-12(2)17(11)9-14(29-21(23)28)10-24-19(26)15-5-3-4-6-16(15)20(24)27/h3-8,14H,9-10H2,1-2H3,(H2,22,25)(H2,23,28). The van der Waals surface area contributed by atoms with Crippen LogP contribution in [0.3, 0.4) is 0 Å². The van der Waals surface area contributed by atoms with Crippen LogP contribution < -0.4 is 11.5 Å². The molecule has 0 saturated heterocycles. The van der Waals surface area contributed by atoms with Crippen LogP contribution >= 0.6 is 0 Å². The topological polar surface area (TPSA) is 133 Å². The molecule has 0 aromatic heterocycles. The Morgan fingerprint density at radius 1 is 1.00 bits per heavy atom. The summed E-state index contributed by atoms with van der Waals surface area (Å²) in [7, 11) is 0. The lowest BCUT2D eigenvalue weighted by Crippen LogP contribution is -2.40. The molecule has 8 heteroatoms. The zero-order valence-electron chi connectivity index (χ0n) is 16.1. The molecule has 150 valence electrons. The van der Waals surface area contributed by atoms with Gasteiger partial charge in [-0.05, 0) is 54.8 Å². The highest BCUT2D eigenvalue weighted by molar-refractivity contribution is 6.21. The Bertz CT molecular complexity index is 973. The molecular formula is C21H21N3O5. The summed E-state index contributed by atoms with van der Waals surface area (Å²) in [6, 6.07) is 9.81. The van der Waals surface area contributed by atoms with E-state index in [1.165, 1.54) is 0 Å². The minimum absolute atomic E-state index is 0.133. The Morgan fingerprint density at radius 3 is 1.97 bits per heavy atom. The molecule has 8 nitrogen and oxygen atoms in total. The first-order chi connectivity index (χ1) is 13.7. The molecule has 4 amide bonds. The van der Waals surface area contributed by atoms with Crippen molar-refractivity contribution in [3.63, 3.8) is 0 Å². The van der Waals surface area contributed by atoms with E-state index >= 15 is 0 Å². The lowest BCUT2D eigenvalue weighted by molar-refractivity contribution is 0.0489. The molecule has 1 atom stereocenters. The Morgan fingerprint density at radius 2 is 1.52 bits per heavy atom. The highest BCUT2D eigenvalue weighted by Gasteiger charge is 2.37. The molecule has 2 aromatic rings. The molecule has 0 aliphatic carbocycles.